The smallest absolute Gasteiger partial charge is 0.224 e. The topological polar surface area (TPSA) is 71.2 Å². The number of nitrogens with two attached hydrogens (primary N) is 1. The minimum atomic E-state index is 0.0485. The number of hydrogen-bond acceptors (Lipinski definition) is 4. The summed E-state index contributed by atoms with van der Waals surface area (Å²) in [6.07, 6.45) is 8.80. The fraction of sp³-hybridized carbons (Fsp3) is 0.545. The molecule has 2 fully saturated rings. The Morgan fingerprint density at radius 2 is 1.96 bits per heavy atom. The van der Waals surface area contributed by atoms with E-state index < -0.39 is 0 Å². The lowest BCUT2D eigenvalue weighted by atomic mass is 9.87. The number of carbonyl (C=O) groups excluding carboxylic acids is 1. The maximum absolute atomic E-state index is 12.6. The number of pyridine rings is 1. The van der Waals surface area contributed by atoms with Gasteiger partial charge in [0.2, 0.25) is 5.91 Å². The SMILES string of the molecule is NC1CCCN(c2ccc3c(NC(=O)CC4CCCCC4)c(Cl)ccc3n2)C1. The van der Waals surface area contributed by atoms with Crippen molar-refractivity contribution >= 4 is 39.9 Å². The van der Waals surface area contributed by atoms with E-state index >= 15 is 0 Å². The molecule has 28 heavy (non-hydrogen) atoms. The average molecular weight is 401 g/mol. The lowest BCUT2D eigenvalue weighted by Crippen LogP contribution is -2.43. The Morgan fingerprint density at radius 3 is 2.75 bits per heavy atom. The average Bonchev–Trinajstić information content (AvgIpc) is 2.70. The second-order valence-electron chi connectivity index (χ2n) is 8.26. The zero-order chi connectivity index (χ0) is 19.5. The van der Waals surface area contributed by atoms with Gasteiger partial charge in [-0.15, -0.1) is 0 Å². The minimum absolute atomic E-state index is 0.0485. The third-order valence-electron chi connectivity index (χ3n) is 6.05. The number of amides is 1. The van der Waals surface area contributed by atoms with Crippen molar-refractivity contribution < 1.29 is 4.79 Å². The van der Waals surface area contributed by atoms with Gasteiger partial charge in [0.05, 0.1) is 16.2 Å². The van der Waals surface area contributed by atoms with E-state index in [0.29, 0.717) is 23.0 Å². The van der Waals surface area contributed by atoms with Crippen molar-refractivity contribution in [3.05, 3.63) is 29.3 Å². The van der Waals surface area contributed by atoms with Crippen LogP contribution in [0.25, 0.3) is 10.9 Å². The molecule has 2 aliphatic rings. The number of aromatic nitrogens is 1. The van der Waals surface area contributed by atoms with Gasteiger partial charge in [-0.25, -0.2) is 4.98 Å². The summed E-state index contributed by atoms with van der Waals surface area (Å²) in [6.45, 7) is 1.81. The number of nitrogens with one attached hydrogen (secondary N) is 1. The Labute approximate surface area is 171 Å². The van der Waals surface area contributed by atoms with Gasteiger partial charge in [0.25, 0.3) is 0 Å². The first-order chi connectivity index (χ1) is 13.6. The largest absolute Gasteiger partial charge is 0.355 e. The standard InChI is InChI=1S/C22H29ClN4O/c23-18-9-10-19-17(8-11-20(25-19)27-12-4-7-16(24)14-27)22(18)26-21(28)13-15-5-2-1-3-6-15/h8-11,15-16H,1-7,12-14,24H2,(H,26,28). The molecular formula is C22H29ClN4O. The van der Waals surface area contributed by atoms with Gasteiger partial charge in [-0.05, 0) is 55.9 Å². The summed E-state index contributed by atoms with van der Waals surface area (Å²) in [7, 11) is 0. The van der Waals surface area contributed by atoms with Crippen LogP contribution in [0.1, 0.15) is 51.4 Å². The minimum Gasteiger partial charge on any atom is -0.355 e. The molecule has 1 saturated heterocycles. The van der Waals surface area contributed by atoms with E-state index in [4.69, 9.17) is 22.3 Å². The van der Waals surface area contributed by atoms with E-state index in [0.717, 1.165) is 55.5 Å². The number of rotatable bonds is 4. The number of anilines is 2. The fourth-order valence-corrected chi connectivity index (χ4v) is 4.74. The van der Waals surface area contributed by atoms with Gasteiger partial charge in [-0.1, -0.05) is 30.9 Å². The number of benzene rings is 1. The molecule has 1 aromatic heterocycles. The van der Waals surface area contributed by atoms with Crippen LogP contribution in [0.2, 0.25) is 5.02 Å². The third-order valence-corrected chi connectivity index (χ3v) is 6.37. The van der Waals surface area contributed by atoms with Crippen LogP contribution < -0.4 is 16.0 Å². The Balaban J connectivity index is 1.54. The molecule has 1 amide bonds. The molecule has 1 unspecified atom stereocenters. The van der Waals surface area contributed by atoms with Gasteiger partial charge >= 0.3 is 0 Å². The van der Waals surface area contributed by atoms with Crippen molar-refractivity contribution in [2.75, 3.05) is 23.3 Å². The highest BCUT2D eigenvalue weighted by Crippen LogP contribution is 2.33. The molecule has 1 aromatic carbocycles. The van der Waals surface area contributed by atoms with E-state index in [1.165, 1.54) is 19.3 Å². The molecule has 150 valence electrons. The molecule has 3 N–H and O–H groups in total. The van der Waals surface area contributed by atoms with Crippen LogP contribution in [0.4, 0.5) is 11.5 Å². The van der Waals surface area contributed by atoms with Gasteiger partial charge in [-0.2, -0.15) is 0 Å². The van der Waals surface area contributed by atoms with Crippen molar-refractivity contribution in [2.24, 2.45) is 11.7 Å². The predicted octanol–water partition coefficient (Wildman–Crippen LogP) is 4.72. The van der Waals surface area contributed by atoms with Crippen LogP contribution in [0, 0.1) is 5.92 Å². The van der Waals surface area contributed by atoms with E-state index in [-0.39, 0.29) is 11.9 Å². The zero-order valence-electron chi connectivity index (χ0n) is 16.3. The molecule has 2 aromatic rings. The first-order valence-corrected chi connectivity index (χ1v) is 10.9. The first kappa shape index (κ1) is 19.5. The lowest BCUT2D eigenvalue weighted by molar-refractivity contribution is -0.117. The number of piperidine rings is 1. The molecule has 1 atom stereocenters. The van der Waals surface area contributed by atoms with Crippen LogP contribution in [-0.2, 0) is 4.79 Å². The number of carbonyl (C=O) groups is 1. The number of halogens is 1. The lowest BCUT2D eigenvalue weighted by Gasteiger charge is -2.31. The summed E-state index contributed by atoms with van der Waals surface area (Å²) in [4.78, 5) is 19.7. The van der Waals surface area contributed by atoms with E-state index in [9.17, 15) is 4.79 Å². The molecule has 5 nitrogen and oxygen atoms in total. The summed E-state index contributed by atoms with van der Waals surface area (Å²) in [5, 5.41) is 4.50. The van der Waals surface area contributed by atoms with E-state index in [1.54, 1.807) is 0 Å². The number of fused-ring (bicyclic) bond motifs is 1. The molecule has 4 rings (SSSR count). The Hall–Kier alpha value is -1.85. The maximum Gasteiger partial charge on any atom is 0.224 e. The van der Waals surface area contributed by atoms with Crippen molar-refractivity contribution in [3.8, 4) is 0 Å². The highest BCUT2D eigenvalue weighted by Gasteiger charge is 2.20. The quantitative estimate of drug-likeness (QED) is 0.778. The second-order valence-corrected chi connectivity index (χ2v) is 8.67. The number of hydrogen-bond donors (Lipinski definition) is 2. The van der Waals surface area contributed by atoms with E-state index in [1.807, 2.05) is 24.3 Å². The molecule has 1 saturated carbocycles. The number of nitrogens with zero attached hydrogens (tertiary/aromatic N) is 2. The predicted molar refractivity (Wildman–Crippen MR) is 116 cm³/mol. The van der Waals surface area contributed by atoms with Gasteiger partial charge in [0.15, 0.2) is 0 Å². The van der Waals surface area contributed by atoms with Crippen LogP contribution in [0.15, 0.2) is 24.3 Å². The summed E-state index contributed by atoms with van der Waals surface area (Å²) >= 11 is 6.43. The maximum atomic E-state index is 12.6. The van der Waals surface area contributed by atoms with Crippen LogP contribution >= 0.6 is 11.6 Å². The molecule has 0 spiro atoms. The highest BCUT2D eigenvalue weighted by atomic mass is 35.5. The molecule has 1 aliphatic carbocycles. The van der Waals surface area contributed by atoms with Gasteiger partial charge in [-0.3, -0.25) is 4.79 Å². The molecule has 6 heteroatoms. The van der Waals surface area contributed by atoms with E-state index in [2.05, 4.69) is 10.2 Å². The Kier molecular flexibility index (Phi) is 6.02. The van der Waals surface area contributed by atoms with Crippen molar-refractivity contribution in [2.45, 2.75) is 57.4 Å². The van der Waals surface area contributed by atoms with Crippen LogP contribution in [0.3, 0.4) is 0 Å². The van der Waals surface area contributed by atoms with Crippen LogP contribution in [-0.4, -0.2) is 30.0 Å². The third kappa shape index (κ3) is 4.41. The summed E-state index contributed by atoms with van der Waals surface area (Å²) < 4.78 is 0. The molecular weight excluding hydrogens is 372 g/mol. The Morgan fingerprint density at radius 1 is 1.14 bits per heavy atom. The van der Waals surface area contributed by atoms with Gasteiger partial charge < -0.3 is 16.0 Å². The second kappa shape index (κ2) is 8.66. The van der Waals surface area contributed by atoms with Crippen molar-refractivity contribution in [1.82, 2.24) is 4.98 Å². The van der Waals surface area contributed by atoms with Gasteiger partial charge in [0.1, 0.15) is 5.82 Å². The molecule has 0 radical (unpaired) electrons. The highest BCUT2D eigenvalue weighted by molar-refractivity contribution is 6.35. The summed E-state index contributed by atoms with van der Waals surface area (Å²) in [6, 6.07) is 7.96. The van der Waals surface area contributed by atoms with Crippen molar-refractivity contribution in [1.29, 1.82) is 0 Å². The Bertz CT molecular complexity index is 850. The summed E-state index contributed by atoms with van der Waals surface area (Å²) in [5.41, 5.74) is 7.63. The van der Waals surface area contributed by atoms with Crippen molar-refractivity contribution in [3.63, 3.8) is 0 Å². The zero-order valence-corrected chi connectivity index (χ0v) is 17.0. The molecule has 2 heterocycles. The molecule has 1 aliphatic heterocycles. The molecule has 0 bridgehead atoms. The monoisotopic (exact) mass is 400 g/mol. The van der Waals surface area contributed by atoms with Gasteiger partial charge in [0, 0.05) is 30.9 Å². The normalized spacial score (nSPS) is 21.1. The van der Waals surface area contributed by atoms with Crippen LogP contribution in [0.5, 0.6) is 0 Å². The first-order valence-electron chi connectivity index (χ1n) is 10.5. The fourth-order valence-electron chi connectivity index (χ4n) is 4.53. The summed E-state index contributed by atoms with van der Waals surface area (Å²) in [5.74, 6) is 1.48.